The van der Waals surface area contributed by atoms with Crippen LogP contribution in [0.25, 0.3) is 0 Å². The van der Waals surface area contributed by atoms with E-state index in [4.69, 9.17) is 9.72 Å². The third-order valence-electron chi connectivity index (χ3n) is 3.60. The molecule has 0 amide bonds. The third kappa shape index (κ3) is 3.82. The van der Waals surface area contributed by atoms with Crippen LogP contribution >= 0.6 is 0 Å². The van der Waals surface area contributed by atoms with Crippen LogP contribution in [0.5, 0.6) is 0 Å². The summed E-state index contributed by atoms with van der Waals surface area (Å²) < 4.78 is 5.47. The van der Waals surface area contributed by atoms with E-state index >= 15 is 0 Å². The molecule has 0 saturated carbocycles. The standard InChI is InChI=1S/C15H26N4O/c1-4-6-13-17-14(16-8-5-2)10-15(18-13)19(3)12-7-9-20-11-12/h10,12H,4-9,11H2,1-3H3,(H,16,17,18). The van der Waals surface area contributed by atoms with E-state index in [1.54, 1.807) is 0 Å². The molecule has 5 heteroatoms. The Hall–Kier alpha value is -1.36. The summed E-state index contributed by atoms with van der Waals surface area (Å²) in [6.07, 6.45) is 4.15. The van der Waals surface area contributed by atoms with Crippen molar-refractivity contribution in [2.24, 2.45) is 0 Å². The largest absolute Gasteiger partial charge is 0.379 e. The summed E-state index contributed by atoms with van der Waals surface area (Å²) in [5.41, 5.74) is 0. The number of ether oxygens (including phenoxy) is 1. The van der Waals surface area contributed by atoms with Gasteiger partial charge in [-0.3, -0.25) is 0 Å². The highest BCUT2D eigenvalue weighted by molar-refractivity contribution is 5.49. The Bertz CT molecular complexity index is 418. The third-order valence-corrected chi connectivity index (χ3v) is 3.60. The molecule has 0 spiro atoms. The number of hydrogen-bond acceptors (Lipinski definition) is 5. The molecule has 1 aliphatic rings. The molecule has 0 aliphatic carbocycles. The number of likely N-dealkylation sites (N-methyl/N-ethyl adjacent to an activating group) is 1. The van der Waals surface area contributed by atoms with Crippen molar-refractivity contribution in [2.75, 3.05) is 37.0 Å². The van der Waals surface area contributed by atoms with Gasteiger partial charge in [0.15, 0.2) is 0 Å². The molecule has 1 N–H and O–H groups in total. The zero-order valence-corrected chi connectivity index (χ0v) is 12.9. The summed E-state index contributed by atoms with van der Waals surface area (Å²) in [4.78, 5) is 11.5. The summed E-state index contributed by atoms with van der Waals surface area (Å²) >= 11 is 0. The highest BCUT2D eigenvalue weighted by Gasteiger charge is 2.22. The smallest absolute Gasteiger partial charge is 0.134 e. The average Bonchev–Trinajstić information content (AvgIpc) is 2.98. The molecule has 1 aromatic heterocycles. The zero-order valence-electron chi connectivity index (χ0n) is 12.9. The lowest BCUT2D eigenvalue weighted by Crippen LogP contribution is -2.32. The zero-order chi connectivity index (χ0) is 14.4. The Morgan fingerprint density at radius 2 is 2.20 bits per heavy atom. The maximum atomic E-state index is 5.47. The van der Waals surface area contributed by atoms with Crippen LogP contribution in [0.1, 0.15) is 38.9 Å². The Balaban J connectivity index is 2.18. The van der Waals surface area contributed by atoms with Crippen LogP contribution in [0.2, 0.25) is 0 Å². The SMILES string of the molecule is CCCNc1cc(N(C)C2CCOC2)nc(CCC)n1. The van der Waals surface area contributed by atoms with Gasteiger partial charge in [-0.15, -0.1) is 0 Å². The topological polar surface area (TPSA) is 50.3 Å². The van der Waals surface area contributed by atoms with Crippen molar-refractivity contribution in [1.29, 1.82) is 0 Å². The molecule has 0 bridgehead atoms. The number of nitrogens with zero attached hydrogens (tertiary/aromatic N) is 3. The highest BCUT2D eigenvalue weighted by Crippen LogP contribution is 2.21. The van der Waals surface area contributed by atoms with Gasteiger partial charge in [0.05, 0.1) is 12.6 Å². The number of hydrogen-bond donors (Lipinski definition) is 1. The number of anilines is 2. The minimum Gasteiger partial charge on any atom is -0.379 e. The number of aryl methyl sites for hydroxylation is 1. The lowest BCUT2D eigenvalue weighted by atomic mass is 10.2. The van der Waals surface area contributed by atoms with Gasteiger partial charge in [0.25, 0.3) is 0 Å². The molecular weight excluding hydrogens is 252 g/mol. The van der Waals surface area contributed by atoms with Gasteiger partial charge < -0.3 is 15.0 Å². The van der Waals surface area contributed by atoms with Gasteiger partial charge in [0.2, 0.25) is 0 Å². The van der Waals surface area contributed by atoms with E-state index in [9.17, 15) is 0 Å². The monoisotopic (exact) mass is 278 g/mol. The van der Waals surface area contributed by atoms with Crippen molar-refractivity contribution in [3.05, 3.63) is 11.9 Å². The molecule has 1 unspecified atom stereocenters. The lowest BCUT2D eigenvalue weighted by molar-refractivity contribution is 0.193. The van der Waals surface area contributed by atoms with Crippen molar-refractivity contribution in [2.45, 2.75) is 45.6 Å². The van der Waals surface area contributed by atoms with E-state index in [0.29, 0.717) is 6.04 Å². The number of rotatable bonds is 7. The maximum absolute atomic E-state index is 5.47. The van der Waals surface area contributed by atoms with Crippen molar-refractivity contribution in [3.63, 3.8) is 0 Å². The van der Waals surface area contributed by atoms with Crippen molar-refractivity contribution in [1.82, 2.24) is 9.97 Å². The summed E-state index contributed by atoms with van der Waals surface area (Å²) in [5.74, 6) is 2.86. The van der Waals surface area contributed by atoms with E-state index < -0.39 is 0 Å². The average molecular weight is 278 g/mol. The normalized spacial score (nSPS) is 18.2. The molecule has 2 heterocycles. The first kappa shape index (κ1) is 15.0. The van der Waals surface area contributed by atoms with Gasteiger partial charge in [-0.1, -0.05) is 13.8 Å². The molecule has 0 aromatic carbocycles. The van der Waals surface area contributed by atoms with E-state index in [1.165, 1.54) is 0 Å². The van der Waals surface area contributed by atoms with Crippen LogP contribution in [-0.4, -0.2) is 42.8 Å². The first-order valence-electron chi connectivity index (χ1n) is 7.67. The van der Waals surface area contributed by atoms with E-state index in [-0.39, 0.29) is 0 Å². The fraction of sp³-hybridized carbons (Fsp3) is 0.733. The van der Waals surface area contributed by atoms with Gasteiger partial charge in [0.1, 0.15) is 17.5 Å². The Morgan fingerprint density at radius 3 is 2.85 bits per heavy atom. The molecule has 1 aliphatic heterocycles. The first-order valence-corrected chi connectivity index (χ1v) is 7.67. The molecule has 1 atom stereocenters. The molecule has 0 radical (unpaired) electrons. The van der Waals surface area contributed by atoms with Crippen molar-refractivity contribution < 1.29 is 4.74 Å². The van der Waals surface area contributed by atoms with Crippen LogP contribution in [0.3, 0.4) is 0 Å². The van der Waals surface area contributed by atoms with E-state index in [1.807, 2.05) is 6.07 Å². The second-order valence-electron chi connectivity index (χ2n) is 5.33. The van der Waals surface area contributed by atoms with Crippen LogP contribution in [0, 0.1) is 0 Å². The fourth-order valence-corrected chi connectivity index (χ4v) is 2.36. The predicted octanol–water partition coefficient (Wildman–Crippen LogP) is 2.48. The summed E-state index contributed by atoms with van der Waals surface area (Å²) in [7, 11) is 2.10. The number of nitrogens with one attached hydrogen (secondary N) is 1. The predicted molar refractivity (Wildman–Crippen MR) is 82.4 cm³/mol. The Kier molecular flexibility index (Phi) is 5.59. The van der Waals surface area contributed by atoms with Crippen LogP contribution in [0.4, 0.5) is 11.6 Å². The molecule has 1 fully saturated rings. The minimum atomic E-state index is 0.429. The highest BCUT2D eigenvalue weighted by atomic mass is 16.5. The fourth-order valence-electron chi connectivity index (χ4n) is 2.36. The van der Waals surface area contributed by atoms with Gasteiger partial charge in [0, 0.05) is 32.7 Å². The molecule has 1 aromatic rings. The molecule has 1 saturated heterocycles. The van der Waals surface area contributed by atoms with Gasteiger partial charge in [-0.2, -0.15) is 0 Å². The second-order valence-corrected chi connectivity index (χ2v) is 5.33. The van der Waals surface area contributed by atoms with Crippen molar-refractivity contribution >= 4 is 11.6 Å². The van der Waals surface area contributed by atoms with Crippen molar-refractivity contribution in [3.8, 4) is 0 Å². The van der Waals surface area contributed by atoms with Crippen LogP contribution in [-0.2, 0) is 11.2 Å². The minimum absolute atomic E-state index is 0.429. The van der Waals surface area contributed by atoms with Gasteiger partial charge in [-0.25, -0.2) is 9.97 Å². The number of aromatic nitrogens is 2. The van der Waals surface area contributed by atoms with Gasteiger partial charge >= 0.3 is 0 Å². The molecule has 112 valence electrons. The van der Waals surface area contributed by atoms with Crippen LogP contribution in [0.15, 0.2) is 6.07 Å². The quantitative estimate of drug-likeness (QED) is 0.830. The molecule has 5 nitrogen and oxygen atoms in total. The van der Waals surface area contributed by atoms with Gasteiger partial charge in [-0.05, 0) is 19.3 Å². The Labute approximate surface area is 121 Å². The summed E-state index contributed by atoms with van der Waals surface area (Å²) in [6.45, 7) is 6.90. The Morgan fingerprint density at radius 1 is 1.35 bits per heavy atom. The molecular formula is C15H26N4O. The summed E-state index contributed by atoms with van der Waals surface area (Å²) in [6, 6.07) is 2.48. The molecule has 2 rings (SSSR count). The maximum Gasteiger partial charge on any atom is 0.134 e. The lowest BCUT2D eigenvalue weighted by Gasteiger charge is -2.25. The van der Waals surface area contributed by atoms with E-state index in [2.05, 4.69) is 36.1 Å². The summed E-state index contributed by atoms with van der Waals surface area (Å²) in [5, 5.41) is 3.37. The van der Waals surface area contributed by atoms with E-state index in [0.717, 1.165) is 62.9 Å². The molecule has 20 heavy (non-hydrogen) atoms. The first-order chi connectivity index (χ1) is 9.74. The second kappa shape index (κ2) is 7.43. The van der Waals surface area contributed by atoms with Crippen LogP contribution < -0.4 is 10.2 Å².